The summed E-state index contributed by atoms with van der Waals surface area (Å²) < 4.78 is 44.5. The number of nitrogens with zero attached hydrogens (tertiary/aromatic N) is 1. The number of carbonyl (C=O) groups excluding carboxylic acids is 1. The first-order chi connectivity index (χ1) is 19.2. The molecule has 6 nitrogen and oxygen atoms in total. The zero-order chi connectivity index (χ0) is 29.1. The maximum Gasteiger partial charge on any atom is 0.416 e. The standard InChI is InChI=1S/C30H32F3NO3.CH2O2/c1-2-3-4-7-20-37-27-9-6-5-8-26(27)29(36)34(25-18-19-25)28(35)23-12-10-21(11-13-23)22-14-16-24(17-15-22)30(31,32)33;2-1-3/h5-6,8-17,25,29,36H,2-4,7,18-20H2,1H3;1H,(H,2,3). The van der Waals surface area contributed by atoms with E-state index in [1.165, 1.54) is 17.0 Å². The lowest BCUT2D eigenvalue weighted by molar-refractivity contribution is -0.137. The fourth-order valence-electron chi connectivity index (χ4n) is 4.32. The monoisotopic (exact) mass is 557 g/mol. The van der Waals surface area contributed by atoms with Crippen molar-refractivity contribution in [2.24, 2.45) is 0 Å². The van der Waals surface area contributed by atoms with Gasteiger partial charge in [-0.05, 0) is 60.7 Å². The molecule has 4 rings (SSSR count). The van der Waals surface area contributed by atoms with E-state index < -0.39 is 18.0 Å². The number of halogens is 3. The van der Waals surface area contributed by atoms with Gasteiger partial charge in [0.2, 0.25) is 0 Å². The zero-order valence-corrected chi connectivity index (χ0v) is 22.3. The van der Waals surface area contributed by atoms with Crippen LogP contribution in [0.25, 0.3) is 11.1 Å². The SMILES string of the molecule is CCCCCCOc1ccccc1C(O)N(C(=O)c1ccc(-c2ccc(C(F)(F)F)cc2)cc1)C1CC1.O=CO. The van der Waals surface area contributed by atoms with Gasteiger partial charge in [-0.3, -0.25) is 9.59 Å². The zero-order valence-electron chi connectivity index (χ0n) is 22.3. The van der Waals surface area contributed by atoms with Crippen LogP contribution in [0.1, 0.15) is 73.2 Å². The molecule has 0 aliphatic heterocycles. The van der Waals surface area contributed by atoms with E-state index in [4.69, 9.17) is 14.6 Å². The molecule has 2 N–H and O–H groups in total. The van der Waals surface area contributed by atoms with Crippen LogP contribution in [0.3, 0.4) is 0 Å². The van der Waals surface area contributed by atoms with E-state index in [1.54, 1.807) is 30.3 Å². The van der Waals surface area contributed by atoms with Crippen LogP contribution in [-0.4, -0.2) is 40.1 Å². The molecule has 1 aliphatic carbocycles. The normalized spacial score (nSPS) is 13.5. The highest BCUT2D eigenvalue weighted by Crippen LogP contribution is 2.38. The molecule has 3 aromatic carbocycles. The molecule has 0 radical (unpaired) electrons. The molecule has 0 heterocycles. The Morgan fingerprint density at radius 2 is 1.55 bits per heavy atom. The summed E-state index contributed by atoms with van der Waals surface area (Å²) in [5.74, 6) is 0.273. The van der Waals surface area contributed by atoms with E-state index in [2.05, 4.69) is 6.92 Å². The molecule has 1 aliphatic rings. The average Bonchev–Trinajstić information content (AvgIpc) is 3.78. The minimum atomic E-state index is -4.39. The lowest BCUT2D eigenvalue weighted by atomic mass is 10.0. The minimum absolute atomic E-state index is 0.0605. The van der Waals surface area contributed by atoms with E-state index in [-0.39, 0.29) is 18.4 Å². The number of para-hydroxylation sites is 1. The van der Waals surface area contributed by atoms with Crippen LogP contribution in [0.2, 0.25) is 0 Å². The Bertz CT molecular complexity index is 1220. The van der Waals surface area contributed by atoms with E-state index in [0.29, 0.717) is 34.6 Å². The third-order valence-electron chi connectivity index (χ3n) is 6.57. The number of amides is 1. The Kier molecular flexibility index (Phi) is 11.1. The lowest BCUT2D eigenvalue weighted by Crippen LogP contribution is -2.37. The maximum absolute atomic E-state index is 13.5. The number of benzene rings is 3. The molecule has 1 unspecified atom stereocenters. The third-order valence-corrected chi connectivity index (χ3v) is 6.57. The van der Waals surface area contributed by atoms with Gasteiger partial charge in [-0.25, -0.2) is 0 Å². The highest BCUT2D eigenvalue weighted by Gasteiger charge is 2.38. The molecule has 1 amide bonds. The molecule has 0 aromatic heterocycles. The molecule has 0 spiro atoms. The Morgan fingerprint density at radius 1 is 0.975 bits per heavy atom. The van der Waals surface area contributed by atoms with Gasteiger partial charge in [-0.1, -0.05) is 68.7 Å². The van der Waals surface area contributed by atoms with Gasteiger partial charge < -0.3 is 19.8 Å². The van der Waals surface area contributed by atoms with Crippen LogP contribution in [-0.2, 0) is 11.0 Å². The molecule has 9 heteroatoms. The second-order valence-electron chi connectivity index (χ2n) is 9.52. The number of carboxylic acid groups (broad SMARTS) is 1. The van der Waals surface area contributed by atoms with Gasteiger partial charge in [0.1, 0.15) is 5.75 Å². The molecular weight excluding hydrogens is 523 g/mol. The number of aliphatic hydroxyl groups is 1. The van der Waals surface area contributed by atoms with Crippen molar-refractivity contribution in [1.82, 2.24) is 4.90 Å². The molecule has 1 fully saturated rings. The topological polar surface area (TPSA) is 87.1 Å². The summed E-state index contributed by atoms with van der Waals surface area (Å²) in [4.78, 5) is 23.4. The van der Waals surface area contributed by atoms with Crippen molar-refractivity contribution < 1.29 is 37.7 Å². The molecule has 40 heavy (non-hydrogen) atoms. The number of hydrogen-bond donors (Lipinski definition) is 2. The number of alkyl halides is 3. The molecule has 3 aromatic rings. The summed E-state index contributed by atoms with van der Waals surface area (Å²) in [6.07, 6.45) is 0.375. The highest BCUT2D eigenvalue weighted by molar-refractivity contribution is 5.95. The summed E-state index contributed by atoms with van der Waals surface area (Å²) in [6.45, 7) is 2.45. The largest absolute Gasteiger partial charge is 0.493 e. The first kappa shape index (κ1) is 30.7. The van der Waals surface area contributed by atoms with Crippen molar-refractivity contribution >= 4 is 12.4 Å². The number of aliphatic hydroxyl groups excluding tert-OH is 1. The smallest absolute Gasteiger partial charge is 0.416 e. The molecular formula is C31H34F3NO5. The van der Waals surface area contributed by atoms with Crippen LogP contribution in [0.4, 0.5) is 13.2 Å². The Balaban J connectivity index is 0.00000141. The Hall–Kier alpha value is -3.85. The number of carbonyl (C=O) groups is 2. The quantitative estimate of drug-likeness (QED) is 0.146. The Labute approximate surface area is 232 Å². The number of unbranched alkanes of at least 4 members (excludes halogenated alkanes) is 3. The molecule has 0 bridgehead atoms. The summed E-state index contributed by atoms with van der Waals surface area (Å²) in [6, 6.07) is 18.8. The first-order valence-corrected chi connectivity index (χ1v) is 13.3. The molecule has 1 atom stereocenters. The van der Waals surface area contributed by atoms with Crippen molar-refractivity contribution in [1.29, 1.82) is 0 Å². The first-order valence-electron chi connectivity index (χ1n) is 13.3. The second-order valence-corrected chi connectivity index (χ2v) is 9.52. The molecule has 214 valence electrons. The van der Waals surface area contributed by atoms with Gasteiger partial charge in [0.15, 0.2) is 6.23 Å². The van der Waals surface area contributed by atoms with Gasteiger partial charge in [0.05, 0.1) is 12.2 Å². The van der Waals surface area contributed by atoms with Gasteiger partial charge in [0, 0.05) is 17.2 Å². The Morgan fingerprint density at radius 3 is 2.10 bits per heavy atom. The lowest BCUT2D eigenvalue weighted by Gasteiger charge is -2.29. The minimum Gasteiger partial charge on any atom is -0.493 e. The van der Waals surface area contributed by atoms with Crippen LogP contribution < -0.4 is 4.74 Å². The van der Waals surface area contributed by atoms with Crippen molar-refractivity contribution in [3.63, 3.8) is 0 Å². The van der Waals surface area contributed by atoms with Crippen molar-refractivity contribution in [3.05, 3.63) is 89.5 Å². The maximum atomic E-state index is 13.5. The van der Waals surface area contributed by atoms with Crippen LogP contribution in [0, 0.1) is 0 Å². The van der Waals surface area contributed by atoms with Crippen molar-refractivity contribution in [3.8, 4) is 16.9 Å². The predicted octanol–water partition coefficient (Wildman–Crippen LogP) is 7.33. The van der Waals surface area contributed by atoms with Crippen molar-refractivity contribution in [2.75, 3.05) is 6.61 Å². The summed E-state index contributed by atoms with van der Waals surface area (Å²) >= 11 is 0. The number of rotatable bonds is 11. The van der Waals surface area contributed by atoms with E-state index >= 15 is 0 Å². The van der Waals surface area contributed by atoms with E-state index in [1.807, 2.05) is 18.2 Å². The second kappa shape index (κ2) is 14.5. The number of hydrogen-bond acceptors (Lipinski definition) is 4. The third kappa shape index (κ3) is 8.32. The van der Waals surface area contributed by atoms with Gasteiger partial charge in [-0.15, -0.1) is 0 Å². The summed E-state index contributed by atoms with van der Waals surface area (Å²) in [5.41, 5.74) is 1.57. The fourth-order valence-corrected chi connectivity index (χ4v) is 4.32. The van der Waals surface area contributed by atoms with Crippen LogP contribution >= 0.6 is 0 Å². The summed E-state index contributed by atoms with van der Waals surface area (Å²) in [7, 11) is 0. The number of ether oxygens (including phenoxy) is 1. The van der Waals surface area contributed by atoms with Gasteiger partial charge in [-0.2, -0.15) is 13.2 Å². The predicted molar refractivity (Wildman–Crippen MR) is 146 cm³/mol. The van der Waals surface area contributed by atoms with Crippen molar-refractivity contribution in [2.45, 2.75) is 63.9 Å². The van der Waals surface area contributed by atoms with Crippen LogP contribution in [0.15, 0.2) is 72.8 Å². The van der Waals surface area contributed by atoms with Gasteiger partial charge in [0.25, 0.3) is 12.4 Å². The fraction of sp³-hybridized carbons (Fsp3) is 0.355. The summed E-state index contributed by atoms with van der Waals surface area (Å²) in [5, 5.41) is 18.2. The highest BCUT2D eigenvalue weighted by atomic mass is 19.4. The molecule has 1 saturated carbocycles. The van der Waals surface area contributed by atoms with E-state index in [9.17, 15) is 23.1 Å². The van der Waals surface area contributed by atoms with Gasteiger partial charge >= 0.3 is 6.18 Å². The van der Waals surface area contributed by atoms with Crippen LogP contribution in [0.5, 0.6) is 5.75 Å². The van der Waals surface area contributed by atoms with E-state index in [0.717, 1.165) is 50.7 Å². The average molecular weight is 558 g/mol. The molecule has 0 saturated heterocycles.